The first-order chi connectivity index (χ1) is 23.0. The van der Waals surface area contributed by atoms with E-state index in [2.05, 4.69) is 44.2 Å². The molecular weight excluding hydrogens is 608 g/mol. The van der Waals surface area contributed by atoms with Crippen molar-refractivity contribution >= 4 is 29.1 Å². The number of nitrogens with two attached hydrogens (primary N) is 1. The molecule has 1 amide bonds. The van der Waals surface area contributed by atoms with Gasteiger partial charge in [0.25, 0.3) is 0 Å². The summed E-state index contributed by atoms with van der Waals surface area (Å²) in [5, 5.41) is 3.34. The smallest absolute Gasteiger partial charge is 0.410 e. The number of piperidine rings is 1. The van der Waals surface area contributed by atoms with Gasteiger partial charge in [0.1, 0.15) is 23.2 Å². The molecule has 3 aromatic rings. The highest BCUT2D eigenvalue weighted by molar-refractivity contribution is 5.71. The van der Waals surface area contributed by atoms with Gasteiger partial charge in [-0.25, -0.2) is 14.8 Å². The van der Waals surface area contributed by atoms with Crippen LogP contribution in [0.4, 0.5) is 27.8 Å². The molecule has 3 aliphatic heterocycles. The van der Waals surface area contributed by atoms with E-state index in [0.717, 1.165) is 54.6 Å². The van der Waals surface area contributed by atoms with Crippen molar-refractivity contribution in [2.75, 3.05) is 82.5 Å². The van der Waals surface area contributed by atoms with Crippen molar-refractivity contribution in [2.45, 2.75) is 57.8 Å². The molecule has 12 nitrogen and oxygen atoms in total. The van der Waals surface area contributed by atoms with E-state index in [1.165, 1.54) is 25.9 Å². The first kappa shape index (κ1) is 33.6. The third-order valence-electron chi connectivity index (χ3n) is 9.35. The van der Waals surface area contributed by atoms with Crippen LogP contribution in [-0.2, 0) is 4.74 Å². The predicted octanol–water partition coefficient (Wildman–Crippen LogP) is 5.08. The summed E-state index contributed by atoms with van der Waals surface area (Å²) >= 11 is 0. The van der Waals surface area contributed by atoms with Gasteiger partial charge in [0.15, 0.2) is 0 Å². The topological polar surface area (TPSA) is 122 Å². The lowest BCUT2D eigenvalue weighted by atomic mass is 10.0. The monoisotopic (exact) mass is 658 g/mol. The Morgan fingerprint density at radius 1 is 0.938 bits per heavy atom. The number of hydrogen-bond acceptors (Lipinski definition) is 11. The fraction of sp³-hybridized carbons (Fsp3) is 0.528. The van der Waals surface area contributed by atoms with Crippen molar-refractivity contribution in [1.82, 2.24) is 24.7 Å². The second-order valence-corrected chi connectivity index (χ2v) is 14.0. The van der Waals surface area contributed by atoms with Crippen molar-refractivity contribution in [3.8, 4) is 22.8 Å². The Balaban J connectivity index is 1.06. The number of methoxy groups -OCH3 is 1. The van der Waals surface area contributed by atoms with Crippen molar-refractivity contribution < 1.29 is 19.0 Å². The third-order valence-corrected chi connectivity index (χ3v) is 9.35. The van der Waals surface area contributed by atoms with Crippen LogP contribution in [0.5, 0.6) is 11.5 Å². The number of nitrogens with zero attached hydrogens (tertiary/aromatic N) is 6. The van der Waals surface area contributed by atoms with Gasteiger partial charge in [-0.1, -0.05) is 0 Å². The highest BCUT2D eigenvalue weighted by Crippen LogP contribution is 2.35. The zero-order chi connectivity index (χ0) is 33.8. The highest BCUT2D eigenvalue weighted by atomic mass is 16.6. The molecule has 0 spiro atoms. The number of rotatable bonds is 8. The zero-order valence-corrected chi connectivity index (χ0v) is 28.9. The molecule has 258 valence electrons. The fourth-order valence-electron chi connectivity index (χ4n) is 6.70. The van der Waals surface area contributed by atoms with E-state index >= 15 is 0 Å². The molecule has 3 N–H and O–H groups in total. The summed E-state index contributed by atoms with van der Waals surface area (Å²) in [4.78, 5) is 30.9. The summed E-state index contributed by atoms with van der Waals surface area (Å²) in [6.45, 7) is 13.3. The van der Waals surface area contributed by atoms with Gasteiger partial charge >= 0.3 is 6.09 Å². The second kappa shape index (κ2) is 14.4. The van der Waals surface area contributed by atoms with Gasteiger partial charge in [0.05, 0.1) is 30.7 Å². The Hall–Kier alpha value is -4.29. The Bertz CT molecular complexity index is 1560. The number of carbonyl (C=O) groups is 1. The first-order valence-electron chi connectivity index (χ1n) is 17.0. The van der Waals surface area contributed by atoms with Crippen molar-refractivity contribution in [2.24, 2.45) is 0 Å². The number of anilines is 4. The molecule has 12 heteroatoms. The van der Waals surface area contributed by atoms with Crippen LogP contribution in [0.3, 0.4) is 0 Å². The van der Waals surface area contributed by atoms with Gasteiger partial charge in [0.2, 0.25) is 5.95 Å². The highest BCUT2D eigenvalue weighted by Gasteiger charge is 2.31. The second-order valence-electron chi connectivity index (χ2n) is 14.0. The lowest BCUT2D eigenvalue weighted by Gasteiger charge is -2.42. The van der Waals surface area contributed by atoms with E-state index in [-0.39, 0.29) is 12.2 Å². The SMILES string of the molecule is COc1cc(Nc2nccc(-c3ccc(OC4CCN(C(=O)OC(C)(C)C)C4)c(N)c3)n2)ccc1N1CCC(N2CCN(C)CC2)CC1. The number of likely N-dealkylation sites (N-methyl/N-ethyl adjacent to an activating group) is 1. The number of hydrogen-bond donors (Lipinski definition) is 2. The first-order valence-corrected chi connectivity index (χ1v) is 17.0. The molecule has 1 atom stereocenters. The molecule has 0 aliphatic carbocycles. The molecule has 0 radical (unpaired) electrons. The summed E-state index contributed by atoms with van der Waals surface area (Å²) in [6, 6.07) is 14.3. The number of benzene rings is 2. The van der Waals surface area contributed by atoms with Crippen molar-refractivity contribution in [3.05, 3.63) is 48.7 Å². The molecule has 48 heavy (non-hydrogen) atoms. The van der Waals surface area contributed by atoms with Gasteiger partial charge < -0.3 is 40.0 Å². The molecule has 3 saturated heterocycles. The fourth-order valence-corrected chi connectivity index (χ4v) is 6.70. The lowest BCUT2D eigenvalue weighted by molar-refractivity contribution is 0.0276. The average molecular weight is 659 g/mol. The maximum Gasteiger partial charge on any atom is 0.410 e. The Labute approximate surface area is 284 Å². The minimum Gasteiger partial charge on any atom is -0.495 e. The van der Waals surface area contributed by atoms with E-state index in [1.54, 1.807) is 18.2 Å². The van der Waals surface area contributed by atoms with Gasteiger partial charge in [-0.3, -0.25) is 4.90 Å². The normalized spacial score (nSPS) is 19.7. The van der Waals surface area contributed by atoms with E-state index in [1.807, 2.05) is 51.1 Å². The summed E-state index contributed by atoms with van der Waals surface area (Å²) in [7, 11) is 3.93. The Kier molecular flexibility index (Phi) is 10.1. The summed E-state index contributed by atoms with van der Waals surface area (Å²) in [5.74, 6) is 1.88. The van der Waals surface area contributed by atoms with Crippen LogP contribution < -0.4 is 25.4 Å². The van der Waals surface area contributed by atoms with Gasteiger partial charge in [-0.2, -0.15) is 0 Å². The number of nitrogens with one attached hydrogen (secondary N) is 1. The molecule has 0 bridgehead atoms. The number of amides is 1. The average Bonchev–Trinajstić information content (AvgIpc) is 3.54. The van der Waals surface area contributed by atoms with Gasteiger partial charge in [0, 0.05) is 81.8 Å². The summed E-state index contributed by atoms with van der Waals surface area (Å²) in [6.07, 6.45) is 4.29. The van der Waals surface area contributed by atoms with Gasteiger partial charge in [-0.05, 0) is 77.1 Å². The van der Waals surface area contributed by atoms with Crippen molar-refractivity contribution in [1.29, 1.82) is 0 Å². The molecule has 1 aromatic heterocycles. The Morgan fingerprint density at radius 2 is 1.71 bits per heavy atom. The number of likely N-dealkylation sites (tertiary alicyclic amines) is 1. The van der Waals surface area contributed by atoms with Crippen LogP contribution >= 0.6 is 0 Å². The van der Waals surface area contributed by atoms with Crippen LogP contribution in [-0.4, -0.2) is 115 Å². The largest absolute Gasteiger partial charge is 0.495 e. The van der Waals surface area contributed by atoms with Crippen LogP contribution in [0.25, 0.3) is 11.3 Å². The maximum atomic E-state index is 12.4. The molecule has 4 heterocycles. The number of carbonyl (C=O) groups excluding carboxylic acids is 1. The third kappa shape index (κ3) is 8.22. The summed E-state index contributed by atoms with van der Waals surface area (Å²) in [5.41, 5.74) is 9.93. The maximum absolute atomic E-state index is 12.4. The predicted molar refractivity (Wildman–Crippen MR) is 189 cm³/mol. The van der Waals surface area contributed by atoms with E-state index in [4.69, 9.17) is 24.9 Å². The number of aromatic nitrogens is 2. The standard InChI is InChI=1S/C36H50N8O4/c1-36(2,3)48-35(45)44-17-13-28(24-44)47-32-9-6-25(22-29(32)37)30-10-14-38-34(40-30)39-26-7-8-31(33(23-26)46-5)43-15-11-27(12-16-43)42-20-18-41(4)19-21-42/h6-10,14,22-23,27-28H,11-13,15-21,24,37H2,1-5H3,(H,38,39,40). The number of piperazine rings is 1. The molecule has 1 unspecified atom stereocenters. The molecular formula is C36H50N8O4. The van der Waals surface area contributed by atoms with Gasteiger partial charge in [-0.15, -0.1) is 0 Å². The van der Waals surface area contributed by atoms with E-state index in [9.17, 15) is 4.79 Å². The molecule has 0 saturated carbocycles. The minimum absolute atomic E-state index is 0.155. The summed E-state index contributed by atoms with van der Waals surface area (Å²) < 4.78 is 17.5. The molecule has 3 fully saturated rings. The van der Waals surface area contributed by atoms with E-state index in [0.29, 0.717) is 42.9 Å². The van der Waals surface area contributed by atoms with Crippen LogP contribution in [0, 0.1) is 0 Å². The molecule has 3 aliphatic rings. The molecule has 6 rings (SSSR count). The number of ether oxygens (including phenoxy) is 3. The van der Waals surface area contributed by atoms with Crippen LogP contribution in [0.15, 0.2) is 48.7 Å². The van der Waals surface area contributed by atoms with Crippen molar-refractivity contribution in [3.63, 3.8) is 0 Å². The quantitative estimate of drug-likeness (QED) is 0.315. The van der Waals surface area contributed by atoms with E-state index < -0.39 is 5.60 Å². The number of nitrogen functional groups attached to an aromatic ring is 1. The minimum atomic E-state index is -0.535. The molecule has 2 aromatic carbocycles. The lowest BCUT2D eigenvalue weighted by Crippen LogP contribution is -2.52. The van der Waals surface area contributed by atoms with Crippen LogP contribution in [0.2, 0.25) is 0 Å². The zero-order valence-electron chi connectivity index (χ0n) is 28.9. The Morgan fingerprint density at radius 3 is 2.42 bits per heavy atom. The van der Waals surface area contributed by atoms with Crippen LogP contribution in [0.1, 0.15) is 40.0 Å².